The van der Waals surface area contributed by atoms with Gasteiger partial charge in [-0.25, -0.2) is 0 Å². The maximum atomic E-state index is 9.57. The van der Waals surface area contributed by atoms with Crippen LogP contribution < -0.4 is 5.32 Å². The highest BCUT2D eigenvalue weighted by atomic mass is 16.3. The van der Waals surface area contributed by atoms with E-state index < -0.39 is 0 Å². The van der Waals surface area contributed by atoms with Crippen molar-refractivity contribution in [1.29, 1.82) is 0 Å². The molecule has 0 radical (unpaired) electrons. The minimum Gasteiger partial charge on any atom is -0.508 e. The van der Waals surface area contributed by atoms with Crippen molar-refractivity contribution in [3.05, 3.63) is 53.0 Å². The van der Waals surface area contributed by atoms with Crippen molar-refractivity contribution in [2.75, 3.05) is 0 Å². The lowest BCUT2D eigenvalue weighted by molar-refractivity contribution is 0.374. The zero-order valence-electron chi connectivity index (χ0n) is 11.4. The molecule has 2 aliphatic rings. The molecule has 2 atom stereocenters. The Morgan fingerprint density at radius 1 is 1.05 bits per heavy atom. The minimum absolute atomic E-state index is 0.374. The lowest BCUT2D eigenvalue weighted by Crippen LogP contribution is -2.27. The Labute approximate surface area is 118 Å². The van der Waals surface area contributed by atoms with Crippen LogP contribution >= 0.6 is 0 Å². The van der Waals surface area contributed by atoms with E-state index in [4.69, 9.17) is 4.42 Å². The van der Waals surface area contributed by atoms with Gasteiger partial charge in [0.05, 0.1) is 6.26 Å². The number of hydrogen-bond donors (Lipinski definition) is 2. The van der Waals surface area contributed by atoms with E-state index in [9.17, 15) is 5.11 Å². The summed E-state index contributed by atoms with van der Waals surface area (Å²) in [5.74, 6) is 1.52. The highest BCUT2D eigenvalue weighted by molar-refractivity contribution is 5.40. The summed E-state index contributed by atoms with van der Waals surface area (Å²) in [7, 11) is 0. The molecule has 0 aliphatic heterocycles. The van der Waals surface area contributed by atoms with Crippen LogP contribution in [0.15, 0.2) is 34.9 Å². The SMILES string of the molecule is Oc1ccc2c(c1)CCC2NC1CCCc2occc21. The molecule has 1 aromatic heterocycles. The molecule has 0 fully saturated rings. The Morgan fingerprint density at radius 3 is 2.90 bits per heavy atom. The quantitative estimate of drug-likeness (QED) is 0.875. The second-order valence-electron chi connectivity index (χ2n) is 5.88. The number of aryl methyl sites for hydroxylation is 2. The maximum absolute atomic E-state index is 9.57. The average molecular weight is 269 g/mol. The van der Waals surface area contributed by atoms with Crippen LogP contribution in [-0.4, -0.2) is 5.11 Å². The number of benzene rings is 1. The zero-order valence-corrected chi connectivity index (χ0v) is 11.4. The summed E-state index contributed by atoms with van der Waals surface area (Å²) in [6, 6.07) is 8.68. The van der Waals surface area contributed by atoms with Gasteiger partial charge in [0, 0.05) is 24.1 Å². The lowest BCUT2D eigenvalue weighted by Gasteiger charge is -2.26. The summed E-state index contributed by atoms with van der Waals surface area (Å²) in [4.78, 5) is 0. The predicted molar refractivity (Wildman–Crippen MR) is 76.7 cm³/mol. The van der Waals surface area contributed by atoms with Gasteiger partial charge in [-0.15, -0.1) is 0 Å². The van der Waals surface area contributed by atoms with Gasteiger partial charge in [-0.05, 0) is 55.0 Å². The maximum Gasteiger partial charge on any atom is 0.115 e. The molecule has 104 valence electrons. The summed E-state index contributed by atoms with van der Waals surface area (Å²) in [5.41, 5.74) is 3.97. The normalized spacial score (nSPS) is 24.4. The van der Waals surface area contributed by atoms with Crippen molar-refractivity contribution in [1.82, 2.24) is 5.32 Å². The standard InChI is InChI=1S/C17H19NO2/c19-12-5-6-13-11(10-12)4-7-16(13)18-15-2-1-3-17-14(15)8-9-20-17/h5-6,8-10,15-16,18-19H,1-4,7H2. The first-order valence-corrected chi connectivity index (χ1v) is 7.45. The molecule has 0 saturated heterocycles. The molecule has 2 N–H and O–H groups in total. The fourth-order valence-electron chi connectivity index (χ4n) is 3.68. The molecular weight excluding hydrogens is 250 g/mol. The third-order valence-electron chi connectivity index (χ3n) is 4.66. The topological polar surface area (TPSA) is 45.4 Å². The number of furan rings is 1. The predicted octanol–water partition coefficient (Wildman–Crippen LogP) is 3.64. The first-order chi connectivity index (χ1) is 9.81. The second kappa shape index (κ2) is 4.67. The van der Waals surface area contributed by atoms with Gasteiger partial charge in [-0.2, -0.15) is 0 Å². The van der Waals surface area contributed by atoms with E-state index in [1.807, 2.05) is 12.3 Å². The van der Waals surface area contributed by atoms with E-state index >= 15 is 0 Å². The Kier molecular flexibility index (Phi) is 2.81. The molecule has 1 aromatic carbocycles. The summed E-state index contributed by atoms with van der Waals surface area (Å²) >= 11 is 0. The van der Waals surface area contributed by atoms with Crippen molar-refractivity contribution in [2.45, 2.75) is 44.2 Å². The van der Waals surface area contributed by atoms with Crippen molar-refractivity contribution < 1.29 is 9.52 Å². The van der Waals surface area contributed by atoms with Crippen molar-refractivity contribution in [3.8, 4) is 5.75 Å². The molecule has 0 saturated carbocycles. The molecule has 2 unspecified atom stereocenters. The van der Waals surface area contributed by atoms with Crippen LogP contribution in [0.4, 0.5) is 0 Å². The van der Waals surface area contributed by atoms with Crippen molar-refractivity contribution in [2.24, 2.45) is 0 Å². The van der Waals surface area contributed by atoms with E-state index in [0.29, 0.717) is 17.8 Å². The smallest absolute Gasteiger partial charge is 0.115 e. The van der Waals surface area contributed by atoms with Gasteiger partial charge in [0.25, 0.3) is 0 Å². The Hall–Kier alpha value is -1.74. The Bertz CT molecular complexity index is 632. The van der Waals surface area contributed by atoms with E-state index in [1.54, 1.807) is 6.07 Å². The summed E-state index contributed by atoms with van der Waals surface area (Å²) in [6.07, 6.45) is 7.40. The van der Waals surface area contributed by atoms with Crippen LogP contribution in [0.1, 0.15) is 53.8 Å². The first-order valence-electron chi connectivity index (χ1n) is 7.45. The lowest BCUT2D eigenvalue weighted by atomic mass is 9.92. The van der Waals surface area contributed by atoms with Gasteiger partial charge < -0.3 is 14.8 Å². The van der Waals surface area contributed by atoms with Gasteiger partial charge in [-0.3, -0.25) is 0 Å². The number of phenolic OH excluding ortho intramolecular Hbond substituents is 1. The van der Waals surface area contributed by atoms with Crippen molar-refractivity contribution in [3.63, 3.8) is 0 Å². The average Bonchev–Trinajstić information content (AvgIpc) is 3.06. The molecule has 0 bridgehead atoms. The number of rotatable bonds is 2. The number of phenols is 1. The molecule has 2 aliphatic carbocycles. The van der Waals surface area contributed by atoms with Crippen molar-refractivity contribution >= 4 is 0 Å². The molecule has 20 heavy (non-hydrogen) atoms. The molecule has 3 nitrogen and oxygen atoms in total. The van der Waals surface area contributed by atoms with Crippen LogP contribution in [0, 0.1) is 0 Å². The van der Waals surface area contributed by atoms with Crippen LogP contribution in [0.3, 0.4) is 0 Å². The Morgan fingerprint density at radius 2 is 1.95 bits per heavy atom. The fraction of sp³-hybridized carbons (Fsp3) is 0.412. The molecule has 0 spiro atoms. The van der Waals surface area contributed by atoms with Crippen LogP contribution in [0.5, 0.6) is 5.75 Å². The number of aromatic hydroxyl groups is 1. The van der Waals surface area contributed by atoms with Crippen LogP contribution in [-0.2, 0) is 12.8 Å². The summed E-state index contributed by atoms with van der Waals surface area (Å²) in [5, 5.41) is 13.4. The number of hydrogen-bond acceptors (Lipinski definition) is 3. The first kappa shape index (κ1) is 12.0. The van der Waals surface area contributed by atoms with E-state index in [-0.39, 0.29) is 0 Å². The van der Waals surface area contributed by atoms with Crippen LogP contribution in [0.2, 0.25) is 0 Å². The van der Waals surface area contributed by atoms with Gasteiger partial charge >= 0.3 is 0 Å². The van der Waals surface area contributed by atoms with E-state index in [2.05, 4.69) is 17.4 Å². The highest BCUT2D eigenvalue weighted by Crippen LogP contribution is 2.38. The fourth-order valence-corrected chi connectivity index (χ4v) is 3.68. The highest BCUT2D eigenvalue weighted by Gasteiger charge is 2.28. The van der Waals surface area contributed by atoms with Gasteiger partial charge in [-0.1, -0.05) is 6.07 Å². The molecular formula is C17H19NO2. The number of nitrogens with one attached hydrogen (secondary N) is 1. The zero-order chi connectivity index (χ0) is 13.5. The van der Waals surface area contributed by atoms with Gasteiger partial charge in [0.2, 0.25) is 0 Å². The van der Waals surface area contributed by atoms with E-state index in [1.165, 1.54) is 29.5 Å². The third-order valence-corrected chi connectivity index (χ3v) is 4.66. The van der Waals surface area contributed by atoms with Crippen LogP contribution in [0.25, 0.3) is 0 Å². The summed E-state index contributed by atoms with van der Waals surface area (Å²) < 4.78 is 5.56. The largest absolute Gasteiger partial charge is 0.508 e. The molecule has 4 rings (SSSR count). The number of fused-ring (bicyclic) bond motifs is 2. The van der Waals surface area contributed by atoms with Gasteiger partial charge in [0.15, 0.2) is 0 Å². The molecule has 1 heterocycles. The Balaban J connectivity index is 1.58. The second-order valence-corrected chi connectivity index (χ2v) is 5.88. The minimum atomic E-state index is 0.374. The molecule has 0 amide bonds. The van der Waals surface area contributed by atoms with Gasteiger partial charge in [0.1, 0.15) is 11.5 Å². The summed E-state index contributed by atoms with van der Waals surface area (Å²) in [6.45, 7) is 0. The molecule has 2 aromatic rings. The third kappa shape index (κ3) is 1.93. The van der Waals surface area contributed by atoms with E-state index in [0.717, 1.165) is 25.0 Å². The monoisotopic (exact) mass is 269 g/mol. The molecule has 3 heteroatoms.